The minimum atomic E-state index is -0.165. The van der Waals surface area contributed by atoms with E-state index < -0.39 is 0 Å². The van der Waals surface area contributed by atoms with Crippen molar-refractivity contribution in [2.45, 2.75) is 39.2 Å². The summed E-state index contributed by atoms with van der Waals surface area (Å²) in [4.78, 5) is 30.8. The van der Waals surface area contributed by atoms with Gasteiger partial charge in [-0.05, 0) is 30.9 Å². The molecule has 0 aliphatic carbocycles. The van der Waals surface area contributed by atoms with Crippen molar-refractivity contribution in [1.29, 1.82) is 0 Å². The van der Waals surface area contributed by atoms with E-state index in [9.17, 15) is 9.59 Å². The molecule has 1 aliphatic heterocycles. The van der Waals surface area contributed by atoms with Crippen LogP contribution in [0.4, 0.5) is 5.69 Å². The quantitative estimate of drug-likeness (QED) is 0.869. The third-order valence-corrected chi connectivity index (χ3v) is 4.16. The van der Waals surface area contributed by atoms with Crippen LogP contribution < -0.4 is 10.5 Å². The zero-order valence-corrected chi connectivity index (χ0v) is 13.4. The first-order valence-corrected chi connectivity index (χ1v) is 8.12. The molecule has 1 aliphatic rings. The molecule has 0 unspecified atom stereocenters. The molecule has 5 heteroatoms. The number of nitrogens with zero attached hydrogens (tertiary/aromatic N) is 3. The molecule has 1 aromatic carbocycles. The summed E-state index contributed by atoms with van der Waals surface area (Å²) in [7, 11) is 0. The van der Waals surface area contributed by atoms with E-state index in [2.05, 4.69) is 11.1 Å². The molecule has 0 atom stereocenters. The first-order valence-electron chi connectivity index (χ1n) is 8.12. The van der Waals surface area contributed by atoms with Crippen LogP contribution in [0.15, 0.2) is 41.5 Å². The molecular formula is C18H21N3O2. The van der Waals surface area contributed by atoms with Crippen LogP contribution >= 0.6 is 0 Å². The summed E-state index contributed by atoms with van der Waals surface area (Å²) in [5.74, 6) is -0.0655. The smallest absolute Gasteiger partial charge is 0.253 e. The van der Waals surface area contributed by atoms with E-state index in [1.165, 1.54) is 22.5 Å². The lowest BCUT2D eigenvalue weighted by Crippen LogP contribution is -2.39. The third kappa shape index (κ3) is 3.33. The van der Waals surface area contributed by atoms with E-state index in [0.717, 1.165) is 37.1 Å². The normalized spacial score (nSPS) is 13.7. The monoisotopic (exact) mass is 311 g/mol. The van der Waals surface area contributed by atoms with Crippen LogP contribution in [0, 0.1) is 0 Å². The summed E-state index contributed by atoms with van der Waals surface area (Å²) < 4.78 is 1.39. The van der Waals surface area contributed by atoms with E-state index in [1.54, 1.807) is 4.90 Å². The highest BCUT2D eigenvalue weighted by Gasteiger charge is 2.22. The zero-order valence-electron chi connectivity index (χ0n) is 13.4. The first kappa shape index (κ1) is 15.5. The number of benzene rings is 1. The van der Waals surface area contributed by atoms with Crippen LogP contribution in [-0.2, 0) is 24.2 Å². The fraction of sp³-hybridized carbons (Fsp3) is 0.389. The predicted molar refractivity (Wildman–Crippen MR) is 89.6 cm³/mol. The van der Waals surface area contributed by atoms with Gasteiger partial charge in [0, 0.05) is 24.0 Å². The molecule has 0 saturated heterocycles. The summed E-state index contributed by atoms with van der Waals surface area (Å²) in [5, 5.41) is 0. The maximum Gasteiger partial charge on any atom is 0.253 e. The van der Waals surface area contributed by atoms with E-state index in [4.69, 9.17) is 0 Å². The first-order chi connectivity index (χ1) is 11.2. The van der Waals surface area contributed by atoms with Gasteiger partial charge in [0.05, 0.1) is 6.33 Å². The summed E-state index contributed by atoms with van der Waals surface area (Å²) >= 11 is 0. The molecule has 0 fully saturated rings. The summed E-state index contributed by atoms with van der Waals surface area (Å²) in [6.45, 7) is 2.78. The minimum Gasteiger partial charge on any atom is -0.311 e. The fourth-order valence-corrected chi connectivity index (χ4v) is 3.00. The Morgan fingerprint density at radius 2 is 2.13 bits per heavy atom. The number of anilines is 1. The SMILES string of the molecule is CCCc1cc(=O)n(CC(=O)N2CCCc3ccccc32)cn1. The molecule has 0 saturated carbocycles. The topological polar surface area (TPSA) is 55.2 Å². The molecule has 23 heavy (non-hydrogen) atoms. The number of rotatable bonds is 4. The Kier molecular flexibility index (Phi) is 4.55. The molecule has 0 spiro atoms. The van der Waals surface area contributed by atoms with Crippen molar-refractivity contribution in [2.24, 2.45) is 0 Å². The maximum atomic E-state index is 12.6. The summed E-state index contributed by atoms with van der Waals surface area (Å²) in [6.07, 6.45) is 5.16. The van der Waals surface area contributed by atoms with Gasteiger partial charge in [-0.1, -0.05) is 31.5 Å². The maximum absolute atomic E-state index is 12.6. The highest BCUT2D eigenvalue weighted by Crippen LogP contribution is 2.26. The van der Waals surface area contributed by atoms with Crippen LogP contribution in [0.25, 0.3) is 0 Å². The van der Waals surface area contributed by atoms with E-state index >= 15 is 0 Å². The summed E-state index contributed by atoms with van der Waals surface area (Å²) in [6, 6.07) is 9.49. The number of aryl methyl sites for hydroxylation is 2. The van der Waals surface area contributed by atoms with Crippen molar-refractivity contribution in [3.63, 3.8) is 0 Å². The number of carbonyl (C=O) groups is 1. The molecule has 5 nitrogen and oxygen atoms in total. The lowest BCUT2D eigenvalue weighted by Gasteiger charge is -2.29. The average Bonchev–Trinajstić information content (AvgIpc) is 2.57. The van der Waals surface area contributed by atoms with Crippen LogP contribution in [0.1, 0.15) is 31.0 Å². The van der Waals surface area contributed by atoms with Gasteiger partial charge in [-0.25, -0.2) is 4.98 Å². The highest BCUT2D eigenvalue weighted by atomic mass is 16.2. The second-order valence-corrected chi connectivity index (χ2v) is 5.87. The van der Waals surface area contributed by atoms with Crippen molar-refractivity contribution in [1.82, 2.24) is 9.55 Å². The number of para-hydroxylation sites is 1. The number of amides is 1. The largest absolute Gasteiger partial charge is 0.311 e. The number of carbonyl (C=O) groups excluding carboxylic acids is 1. The Labute approximate surface area is 135 Å². The zero-order chi connectivity index (χ0) is 16.2. The van der Waals surface area contributed by atoms with Crippen molar-refractivity contribution in [3.05, 3.63) is 58.3 Å². The molecule has 0 radical (unpaired) electrons. The van der Waals surface area contributed by atoms with Crippen LogP contribution in [0.2, 0.25) is 0 Å². The second-order valence-electron chi connectivity index (χ2n) is 5.87. The average molecular weight is 311 g/mol. The van der Waals surface area contributed by atoms with Gasteiger partial charge in [-0.3, -0.25) is 14.2 Å². The Bertz CT molecular complexity index is 767. The number of hydrogen-bond donors (Lipinski definition) is 0. The molecular weight excluding hydrogens is 290 g/mol. The van der Waals surface area contributed by atoms with Gasteiger partial charge >= 0.3 is 0 Å². The minimum absolute atomic E-state index is 0.0343. The van der Waals surface area contributed by atoms with Crippen molar-refractivity contribution >= 4 is 11.6 Å². The molecule has 2 heterocycles. The molecule has 2 aromatic rings. The van der Waals surface area contributed by atoms with Crippen molar-refractivity contribution < 1.29 is 4.79 Å². The van der Waals surface area contributed by atoms with Crippen LogP contribution in [-0.4, -0.2) is 22.0 Å². The Morgan fingerprint density at radius 3 is 2.91 bits per heavy atom. The molecule has 0 N–H and O–H groups in total. The lowest BCUT2D eigenvalue weighted by atomic mass is 10.0. The van der Waals surface area contributed by atoms with Crippen LogP contribution in [0.5, 0.6) is 0 Å². The van der Waals surface area contributed by atoms with Crippen molar-refractivity contribution in [3.8, 4) is 0 Å². The number of aromatic nitrogens is 2. The molecule has 120 valence electrons. The predicted octanol–water partition coefficient (Wildman–Crippen LogP) is 2.18. The van der Waals surface area contributed by atoms with Gasteiger partial charge in [-0.2, -0.15) is 0 Å². The number of fused-ring (bicyclic) bond motifs is 1. The second kappa shape index (κ2) is 6.77. The Hall–Kier alpha value is -2.43. The van der Waals surface area contributed by atoms with Crippen molar-refractivity contribution in [2.75, 3.05) is 11.4 Å². The van der Waals surface area contributed by atoms with Gasteiger partial charge in [0.25, 0.3) is 5.56 Å². The van der Waals surface area contributed by atoms with Gasteiger partial charge in [-0.15, -0.1) is 0 Å². The Morgan fingerprint density at radius 1 is 1.30 bits per heavy atom. The van der Waals surface area contributed by atoms with Gasteiger partial charge < -0.3 is 4.90 Å². The molecule has 3 rings (SSSR count). The van der Waals surface area contributed by atoms with Gasteiger partial charge in [0.15, 0.2) is 0 Å². The van der Waals surface area contributed by atoms with E-state index in [-0.39, 0.29) is 18.0 Å². The number of hydrogen-bond acceptors (Lipinski definition) is 3. The highest BCUT2D eigenvalue weighted by molar-refractivity contribution is 5.94. The molecule has 1 aromatic heterocycles. The van der Waals surface area contributed by atoms with E-state index in [0.29, 0.717) is 6.54 Å². The van der Waals surface area contributed by atoms with Crippen LogP contribution in [0.3, 0.4) is 0 Å². The standard InChI is InChI=1S/C18H21N3O2/c1-2-6-15-11-17(22)20(13-19-15)12-18(23)21-10-5-8-14-7-3-4-9-16(14)21/h3-4,7,9,11,13H,2,5-6,8,10,12H2,1H3. The van der Waals surface area contributed by atoms with E-state index in [1.807, 2.05) is 25.1 Å². The summed E-state index contributed by atoms with van der Waals surface area (Å²) in [5.41, 5.74) is 2.77. The molecule has 1 amide bonds. The van der Waals surface area contributed by atoms with Gasteiger partial charge in [0.1, 0.15) is 6.54 Å². The Balaban J connectivity index is 1.79. The lowest BCUT2D eigenvalue weighted by molar-refractivity contribution is -0.119. The third-order valence-electron chi connectivity index (χ3n) is 4.16. The van der Waals surface area contributed by atoms with Gasteiger partial charge in [0.2, 0.25) is 5.91 Å². The molecule has 0 bridgehead atoms. The fourth-order valence-electron chi connectivity index (χ4n) is 3.00.